The van der Waals surface area contributed by atoms with Crippen LogP contribution in [0.5, 0.6) is 0 Å². The van der Waals surface area contributed by atoms with Gasteiger partial charge in [-0.15, -0.1) is 0 Å². The molecule has 1 aromatic carbocycles. The van der Waals surface area contributed by atoms with Gasteiger partial charge in [0.1, 0.15) is 0 Å². The fourth-order valence-corrected chi connectivity index (χ4v) is 2.83. The third-order valence-corrected chi connectivity index (χ3v) is 4.18. The Hall–Kier alpha value is -1.26. The zero-order chi connectivity index (χ0) is 15.1. The van der Waals surface area contributed by atoms with Crippen LogP contribution in [0.1, 0.15) is 19.8 Å². The van der Waals surface area contributed by atoms with Gasteiger partial charge in [0.2, 0.25) is 5.91 Å². The molecule has 1 saturated heterocycles. The van der Waals surface area contributed by atoms with E-state index in [1.165, 1.54) is 0 Å². The average molecular weight is 310 g/mol. The molecule has 0 bridgehead atoms. The van der Waals surface area contributed by atoms with E-state index in [9.17, 15) is 4.79 Å². The Balaban J connectivity index is 1.69. The Morgan fingerprint density at radius 1 is 1.24 bits per heavy atom. The number of piperazine rings is 1. The molecule has 21 heavy (non-hydrogen) atoms. The Morgan fingerprint density at radius 3 is 2.62 bits per heavy atom. The summed E-state index contributed by atoms with van der Waals surface area (Å²) in [5.74, 6) is 0.138. The first kappa shape index (κ1) is 16.1. The van der Waals surface area contributed by atoms with Crippen molar-refractivity contribution in [2.24, 2.45) is 0 Å². The van der Waals surface area contributed by atoms with Gasteiger partial charge in [0.15, 0.2) is 0 Å². The quantitative estimate of drug-likeness (QED) is 0.820. The number of rotatable bonds is 6. The molecule has 1 aliphatic rings. The third kappa shape index (κ3) is 4.90. The second-order valence-corrected chi connectivity index (χ2v) is 5.74. The molecule has 1 fully saturated rings. The molecule has 1 aliphatic heterocycles. The lowest BCUT2D eigenvalue weighted by molar-refractivity contribution is -0.120. The summed E-state index contributed by atoms with van der Waals surface area (Å²) in [5.41, 5.74) is 1.13. The van der Waals surface area contributed by atoms with Crippen molar-refractivity contribution >= 4 is 23.2 Å². The number of carbonyl (C=O) groups excluding carboxylic acids is 1. The van der Waals surface area contributed by atoms with Crippen LogP contribution in [-0.4, -0.2) is 50.1 Å². The molecule has 0 aromatic heterocycles. The number of hydrogen-bond donors (Lipinski definition) is 1. The van der Waals surface area contributed by atoms with Gasteiger partial charge in [-0.3, -0.25) is 9.69 Å². The maximum absolute atomic E-state index is 11.2. The van der Waals surface area contributed by atoms with Crippen LogP contribution in [0, 0.1) is 0 Å². The zero-order valence-corrected chi connectivity index (χ0v) is 13.4. The Morgan fingerprint density at radius 2 is 1.95 bits per heavy atom. The van der Waals surface area contributed by atoms with Gasteiger partial charge in [-0.1, -0.05) is 30.7 Å². The number of nitrogens with one attached hydrogen (secondary N) is 1. The van der Waals surface area contributed by atoms with Gasteiger partial charge in [-0.2, -0.15) is 0 Å². The standard InChI is InChI=1S/C16H24ClN3O/c1-2-16(21)18-8-5-9-19-10-12-20(13-11-19)15-7-4-3-6-14(15)17/h3-4,6-7H,2,5,8-13H2,1H3,(H,18,21). The van der Waals surface area contributed by atoms with Crippen LogP contribution in [0.3, 0.4) is 0 Å². The van der Waals surface area contributed by atoms with E-state index in [1.54, 1.807) is 0 Å². The predicted molar refractivity (Wildman–Crippen MR) is 88.0 cm³/mol. The zero-order valence-electron chi connectivity index (χ0n) is 12.6. The summed E-state index contributed by atoms with van der Waals surface area (Å²) in [4.78, 5) is 15.9. The van der Waals surface area contributed by atoms with Gasteiger partial charge in [-0.05, 0) is 25.1 Å². The van der Waals surface area contributed by atoms with Gasteiger partial charge < -0.3 is 10.2 Å². The minimum Gasteiger partial charge on any atom is -0.368 e. The van der Waals surface area contributed by atoms with E-state index in [0.717, 1.165) is 56.4 Å². The van der Waals surface area contributed by atoms with Gasteiger partial charge in [-0.25, -0.2) is 0 Å². The molecule has 1 N–H and O–H groups in total. The monoisotopic (exact) mass is 309 g/mol. The van der Waals surface area contributed by atoms with Crippen molar-refractivity contribution in [1.29, 1.82) is 0 Å². The van der Waals surface area contributed by atoms with Crippen LogP contribution in [0.4, 0.5) is 5.69 Å². The molecular formula is C16H24ClN3O. The number of halogens is 1. The normalized spacial score (nSPS) is 16.0. The maximum atomic E-state index is 11.2. The number of anilines is 1. The number of amides is 1. The minimum absolute atomic E-state index is 0.138. The predicted octanol–water partition coefficient (Wildman–Crippen LogP) is 2.38. The smallest absolute Gasteiger partial charge is 0.219 e. The van der Waals surface area contributed by atoms with Crippen molar-refractivity contribution in [3.63, 3.8) is 0 Å². The van der Waals surface area contributed by atoms with Gasteiger partial charge in [0.25, 0.3) is 0 Å². The number of para-hydroxylation sites is 1. The van der Waals surface area contributed by atoms with Crippen molar-refractivity contribution in [2.75, 3.05) is 44.2 Å². The molecule has 1 amide bonds. The highest BCUT2D eigenvalue weighted by atomic mass is 35.5. The van der Waals surface area contributed by atoms with Crippen molar-refractivity contribution < 1.29 is 4.79 Å². The maximum Gasteiger partial charge on any atom is 0.219 e. The molecule has 0 aliphatic carbocycles. The number of nitrogens with zero attached hydrogens (tertiary/aromatic N) is 2. The van der Waals surface area contributed by atoms with Crippen molar-refractivity contribution in [3.8, 4) is 0 Å². The molecule has 1 heterocycles. The van der Waals surface area contributed by atoms with E-state index in [-0.39, 0.29) is 5.91 Å². The van der Waals surface area contributed by atoms with E-state index in [4.69, 9.17) is 11.6 Å². The van der Waals surface area contributed by atoms with Gasteiger partial charge in [0, 0.05) is 39.1 Å². The SMILES string of the molecule is CCC(=O)NCCCN1CCN(c2ccccc2Cl)CC1. The Bertz CT molecular complexity index is 459. The van der Waals surface area contributed by atoms with Crippen LogP contribution >= 0.6 is 11.6 Å². The summed E-state index contributed by atoms with van der Waals surface area (Å²) in [6.45, 7) is 7.80. The molecule has 5 heteroatoms. The molecule has 1 aromatic rings. The molecule has 116 valence electrons. The fraction of sp³-hybridized carbons (Fsp3) is 0.562. The highest BCUT2D eigenvalue weighted by molar-refractivity contribution is 6.33. The van der Waals surface area contributed by atoms with Gasteiger partial charge in [0.05, 0.1) is 10.7 Å². The molecule has 0 radical (unpaired) electrons. The first-order valence-corrected chi connectivity index (χ1v) is 8.07. The van der Waals surface area contributed by atoms with Crippen molar-refractivity contribution in [3.05, 3.63) is 29.3 Å². The van der Waals surface area contributed by atoms with E-state index in [0.29, 0.717) is 6.42 Å². The highest BCUT2D eigenvalue weighted by Crippen LogP contribution is 2.25. The molecule has 2 rings (SSSR count). The van der Waals surface area contributed by atoms with Crippen LogP contribution in [0.25, 0.3) is 0 Å². The molecular weight excluding hydrogens is 286 g/mol. The lowest BCUT2D eigenvalue weighted by atomic mass is 10.2. The molecule has 0 atom stereocenters. The second-order valence-electron chi connectivity index (χ2n) is 5.34. The number of carbonyl (C=O) groups is 1. The third-order valence-electron chi connectivity index (χ3n) is 3.86. The number of hydrogen-bond acceptors (Lipinski definition) is 3. The van der Waals surface area contributed by atoms with Gasteiger partial charge >= 0.3 is 0 Å². The molecule has 0 saturated carbocycles. The van der Waals surface area contributed by atoms with E-state index in [1.807, 2.05) is 25.1 Å². The molecule has 0 unspecified atom stereocenters. The summed E-state index contributed by atoms with van der Waals surface area (Å²) in [7, 11) is 0. The van der Waals surface area contributed by atoms with Crippen LogP contribution in [-0.2, 0) is 4.79 Å². The largest absolute Gasteiger partial charge is 0.368 e. The lowest BCUT2D eigenvalue weighted by Gasteiger charge is -2.36. The van der Waals surface area contributed by atoms with Crippen LogP contribution in [0.15, 0.2) is 24.3 Å². The van der Waals surface area contributed by atoms with Crippen molar-refractivity contribution in [1.82, 2.24) is 10.2 Å². The van der Waals surface area contributed by atoms with E-state index < -0.39 is 0 Å². The molecule has 0 spiro atoms. The number of benzene rings is 1. The summed E-state index contributed by atoms with van der Waals surface area (Å²) in [5, 5.41) is 3.75. The first-order chi connectivity index (χ1) is 10.2. The van der Waals surface area contributed by atoms with E-state index >= 15 is 0 Å². The average Bonchev–Trinajstić information content (AvgIpc) is 2.52. The Kier molecular flexibility index (Phi) is 6.33. The summed E-state index contributed by atoms with van der Waals surface area (Å²) in [6.07, 6.45) is 1.58. The minimum atomic E-state index is 0.138. The van der Waals surface area contributed by atoms with Crippen LogP contribution in [0.2, 0.25) is 5.02 Å². The summed E-state index contributed by atoms with van der Waals surface area (Å²) in [6, 6.07) is 8.02. The van der Waals surface area contributed by atoms with Crippen molar-refractivity contribution in [2.45, 2.75) is 19.8 Å². The lowest BCUT2D eigenvalue weighted by Crippen LogP contribution is -2.47. The second kappa shape index (κ2) is 8.25. The highest BCUT2D eigenvalue weighted by Gasteiger charge is 2.18. The fourth-order valence-electron chi connectivity index (χ4n) is 2.58. The van der Waals surface area contributed by atoms with E-state index in [2.05, 4.69) is 21.2 Å². The summed E-state index contributed by atoms with van der Waals surface area (Å²) >= 11 is 6.24. The summed E-state index contributed by atoms with van der Waals surface area (Å²) < 4.78 is 0. The topological polar surface area (TPSA) is 35.6 Å². The molecule has 4 nitrogen and oxygen atoms in total. The first-order valence-electron chi connectivity index (χ1n) is 7.69. The Labute approximate surface area is 132 Å². The van der Waals surface area contributed by atoms with Crippen LogP contribution < -0.4 is 10.2 Å².